The van der Waals surface area contributed by atoms with Gasteiger partial charge < -0.3 is 4.90 Å². The molecule has 1 unspecified atom stereocenters. The monoisotopic (exact) mass is 475 g/mol. The Morgan fingerprint density at radius 2 is 1.91 bits per heavy atom. The minimum absolute atomic E-state index is 0.0524. The molecule has 180 valence electrons. The first-order chi connectivity index (χ1) is 16.1. The number of rotatable bonds is 5. The van der Waals surface area contributed by atoms with E-state index in [4.69, 9.17) is 4.99 Å². The number of hydrogen-bond donors (Lipinski definition) is 0. The standard InChI is InChI=1S/C29H37N3OS/c1-8-14-31-27(33)26(34-28(31)30-23-12-10-9-11-13-23)17-22-16-24-21(5)18-29(6,7)32(19(2)3)25(24)15-20(22)4/h9-13,15-17,19,21H,8,14,18H2,1-7H3/b26-17-,30-28?. The number of benzene rings is 2. The Morgan fingerprint density at radius 1 is 1.21 bits per heavy atom. The van der Waals surface area contributed by atoms with E-state index < -0.39 is 0 Å². The van der Waals surface area contributed by atoms with Crippen LogP contribution in [0, 0.1) is 6.92 Å². The van der Waals surface area contributed by atoms with E-state index in [0.29, 0.717) is 18.5 Å². The van der Waals surface area contributed by atoms with E-state index in [1.807, 2.05) is 35.2 Å². The minimum Gasteiger partial charge on any atom is -0.364 e. The highest BCUT2D eigenvalue weighted by atomic mass is 32.2. The molecule has 4 rings (SSSR count). The van der Waals surface area contributed by atoms with Crippen LogP contribution < -0.4 is 4.90 Å². The Morgan fingerprint density at radius 3 is 2.56 bits per heavy atom. The smallest absolute Gasteiger partial charge is 0.266 e. The van der Waals surface area contributed by atoms with Crippen molar-refractivity contribution < 1.29 is 4.79 Å². The molecule has 0 radical (unpaired) electrons. The van der Waals surface area contributed by atoms with Gasteiger partial charge in [-0.1, -0.05) is 32.0 Å². The normalized spacial score (nSPS) is 22.2. The van der Waals surface area contributed by atoms with E-state index in [9.17, 15) is 4.79 Å². The molecule has 2 aromatic rings. The van der Waals surface area contributed by atoms with Gasteiger partial charge in [-0.05, 0) is 112 Å². The molecular weight excluding hydrogens is 438 g/mol. The summed E-state index contributed by atoms with van der Waals surface area (Å²) in [5.74, 6) is 0.521. The van der Waals surface area contributed by atoms with Gasteiger partial charge in [0, 0.05) is 23.8 Å². The van der Waals surface area contributed by atoms with Crippen molar-refractivity contribution in [2.45, 2.75) is 78.8 Å². The summed E-state index contributed by atoms with van der Waals surface area (Å²) in [6.07, 6.45) is 4.08. The Labute approximate surface area is 209 Å². The zero-order valence-corrected chi connectivity index (χ0v) is 22.4. The van der Waals surface area contributed by atoms with E-state index in [1.54, 1.807) is 0 Å². The Balaban J connectivity index is 1.74. The minimum atomic E-state index is 0.0524. The number of amides is 1. The van der Waals surface area contributed by atoms with Gasteiger partial charge in [0.15, 0.2) is 5.17 Å². The molecule has 0 aliphatic carbocycles. The lowest BCUT2D eigenvalue weighted by Crippen LogP contribution is -2.51. The first-order valence-electron chi connectivity index (χ1n) is 12.4. The molecule has 1 fully saturated rings. The number of nitrogens with zero attached hydrogens (tertiary/aromatic N) is 3. The molecule has 2 aliphatic heterocycles. The Kier molecular flexibility index (Phi) is 6.95. The summed E-state index contributed by atoms with van der Waals surface area (Å²) >= 11 is 1.49. The molecule has 2 aromatic carbocycles. The van der Waals surface area contributed by atoms with Gasteiger partial charge in [-0.25, -0.2) is 4.99 Å². The fourth-order valence-electron chi connectivity index (χ4n) is 5.51. The van der Waals surface area contributed by atoms with Crippen molar-refractivity contribution in [3.8, 4) is 0 Å². The van der Waals surface area contributed by atoms with Crippen molar-refractivity contribution >= 4 is 40.3 Å². The molecule has 0 aromatic heterocycles. The number of fused-ring (bicyclic) bond motifs is 1. The predicted octanol–water partition coefficient (Wildman–Crippen LogP) is 7.51. The van der Waals surface area contributed by atoms with Crippen molar-refractivity contribution in [2.24, 2.45) is 4.99 Å². The number of hydrogen-bond acceptors (Lipinski definition) is 4. The second-order valence-electron chi connectivity index (χ2n) is 10.4. The van der Waals surface area contributed by atoms with E-state index in [1.165, 1.54) is 28.6 Å². The molecule has 0 saturated carbocycles. The third-order valence-corrected chi connectivity index (χ3v) is 7.79. The highest BCUT2D eigenvalue weighted by molar-refractivity contribution is 8.18. The third-order valence-electron chi connectivity index (χ3n) is 6.78. The molecule has 4 nitrogen and oxygen atoms in total. The maximum atomic E-state index is 13.3. The first-order valence-corrected chi connectivity index (χ1v) is 13.2. The summed E-state index contributed by atoms with van der Waals surface area (Å²) in [5, 5.41) is 0.765. The predicted molar refractivity (Wildman–Crippen MR) is 147 cm³/mol. The van der Waals surface area contributed by atoms with Crippen LogP contribution in [0.25, 0.3) is 6.08 Å². The van der Waals surface area contributed by atoms with Gasteiger partial charge in [0.25, 0.3) is 5.91 Å². The van der Waals surface area contributed by atoms with Gasteiger partial charge >= 0.3 is 0 Å². The van der Waals surface area contributed by atoms with Crippen LogP contribution in [0.15, 0.2) is 52.4 Å². The molecule has 5 heteroatoms. The summed E-state index contributed by atoms with van der Waals surface area (Å²) in [6, 6.07) is 14.9. The molecule has 2 heterocycles. The van der Waals surface area contributed by atoms with Crippen LogP contribution in [0.1, 0.15) is 77.0 Å². The van der Waals surface area contributed by atoms with Crippen molar-refractivity contribution in [3.63, 3.8) is 0 Å². The maximum absolute atomic E-state index is 13.3. The summed E-state index contributed by atoms with van der Waals surface area (Å²) in [7, 11) is 0. The van der Waals surface area contributed by atoms with E-state index in [0.717, 1.165) is 34.2 Å². The van der Waals surface area contributed by atoms with Crippen LogP contribution in [0.2, 0.25) is 0 Å². The van der Waals surface area contributed by atoms with Gasteiger partial charge in [0.1, 0.15) is 0 Å². The molecular formula is C29H37N3OS. The van der Waals surface area contributed by atoms with Crippen LogP contribution in [-0.4, -0.2) is 34.1 Å². The van der Waals surface area contributed by atoms with Crippen LogP contribution >= 0.6 is 11.8 Å². The van der Waals surface area contributed by atoms with Crippen molar-refractivity contribution in [3.05, 3.63) is 64.1 Å². The summed E-state index contributed by atoms with van der Waals surface area (Å²) in [4.78, 5) is 23.3. The lowest BCUT2D eigenvalue weighted by Gasteiger charge is -2.50. The Bertz CT molecular complexity index is 1130. The second-order valence-corrected chi connectivity index (χ2v) is 11.5. The number of para-hydroxylation sites is 1. The summed E-state index contributed by atoms with van der Waals surface area (Å²) in [6.45, 7) is 16.5. The number of carbonyl (C=O) groups is 1. The lowest BCUT2D eigenvalue weighted by molar-refractivity contribution is -0.122. The van der Waals surface area contributed by atoms with Gasteiger partial charge in [-0.15, -0.1) is 0 Å². The lowest BCUT2D eigenvalue weighted by atomic mass is 9.78. The van der Waals surface area contributed by atoms with Gasteiger partial charge in [-0.3, -0.25) is 9.69 Å². The van der Waals surface area contributed by atoms with Crippen molar-refractivity contribution in [1.82, 2.24) is 4.90 Å². The van der Waals surface area contributed by atoms with Crippen molar-refractivity contribution in [1.29, 1.82) is 0 Å². The number of thioether (sulfide) groups is 1. The molecule has 0 N–H and O–H groups in total. The molecule has 1 amide bonds. The maximum Gasteiger partial charge on any atom is 0.266 e. The van der Waals surface area contributed by atoms with Gasteiger partial charge in [0.05, 0.1) is 10.6 Å². The summed E-state index contributed by atoms with van der Waals surface area (Å²) < 4.78 is 0. The van der Waals surface area contributed by atoms with Gasteiger partial charge in [-0.2, -0.15) is 0 Å². The molecule has 1 saturated heterocycles. The molecule has 1 atom stereocenters. The average Bonchev–Trinajstić information content (AvgIpc) is 3.04. The molecule has 2 aliphatic rings. The fourth-order valence-corrected chi connectivity index (χ4v) is 6.53. The molecule has 0 spiro atoms. The quantitative estimate of drug-likeness (QED) is 0.420. The highest BCUT2D eigenvalue weighted by Gasteiger charge is 2.38. The SMILES string of the molecule is CCCN1C(=O)/C(=C/c2cc3c(cc2C)N(C(C)C)C(C)(C)CC3C)SC1=Nc1ccccc1. The van der Waals surface area contributed by atoms with E-state index in [2.05, 4.69) is 71.6 Å². The first kappa shape index (κ1) is 24.6. The number of aryl methyl sites for hydroxylation is 1. The zero-order valence-electron chi connectivity index (χ0n) is 21.6. The van der Waals surface area contributed by atoms with Crippen LogP contribution in [-0.2, 0) is 4.79 Å². The van der Waals surface area contributed by atoms with Crippen LogP contribution in [0.4, 0.5) is 11.4 Å². The van der Waals surface area contributed by atoms with Crippen LogP contribution in [0.3, 0.4) is 0 Å². The van der Waals surface area contributed by atoms with E-state index in [-0.39, 0.29) is 11.4 Å². The number of aliphatic imine (C=N–C) groups is 1. The average molecular weight is 476 g/mol. The number of amidine groups is 1. The van der Waals surface area contributed by atoms with E-state index >= 15 is 0 Å². The largest absolute Gasteiger partial charge is 0.364 e. The van der Waals surface area contributed by atoms with Gasteiger partial charge in [0.2, 0.25) is 0 Å². The summed E-state index contributed by atoms with van der Waals surface area (Å²) in [5.41, 5.74) is 6.03. The van der Waals surface area contributed by atoms with Crippen molar-refractivity contribution in [2.75, 3.05) is 11.4 Å². The Hall–Kier alpha value is -2.53. The topological polar surface area (TPSA) is 35.9 Å². The number of anilines is 1. The van der Waals surface area contributed by atoms with Crippen LogP contribution in [0.5, 0.6) is 0 Å². The highest BCUT2D eigenvalue weighted by Crippen LogP contribution is 2.46. The second kappa shape index (κ2) is 9.61. The fraction of sp³-hybridized carbons (Fsp3) is 0.448. The molecule has 34 heavy (non-hydrogen) atoms. The number of carbonyl (C=O) groups excluding carboxylic acids is 1. The zero-order chi connectivity index (χ0) is 24.6. The third kappa shape index (κ3) is 4.68. The molecule has 0 bridgehead atoms.